The maximum absolute atomic E-state index is 6.15. The van der Waals surface area contributed by atoms with E-state index in [1.54, 1.807) is 0 Å². The van der Waals surface area contributed by atoms with Crippen LogP contribution in [-0.2, 0) is 17.8 Å². The van der Waals surface area contributed by atoms with Gasteiger partial charge < -0.3 is 10.1 Å². The number of nitrogens with one attached hydrogen (secondary N) is 1. The van der Waals surface area contributed by atoms with Gasteiger partial charge in [0.2, 0.25) is 0 Å². The number of ether oxygens (including phenoxy) is 1. The van der Waals surface area contributed by atoms with Gasteiger partial charge in [-0.15, -0.1) is 11.3 Å². The molecule has 0 unspecified atom stereocenters. The Bertz CT molecular complexity index is 437. The summed E-state index contributed by atoms with van der Waals surface area (Å²) in [5.41, 5.74) is -0.130. The Morgan fingerprint density at radius 3 is 2.38 bits per heavy atom. The van der Waals surface area contributed by atoms with Crippen molar-refractivity contribution in [3.8, 4) is 0 Å². The highest BCUT2D eigenvalue weighted by atomic mass is 32.1. The van der Waals surface area contributed by atoms with Gasteiger partial charge in [-0.1, -0.05) is 6.92 Å². The Morgan fingerprint density at radius 2 is 1.76 bits per heavy atom. The normalized spacial score (nSPS) is 21.6. The minimum atomic E-state index is -0.0650. The number of morpholine rings is 1. The van der Waals surface area contributed by atoms with Gasteiger partial charge in [0.15, 0.2) is 0 Å². The van der Waals surface area contributed by atoms with E-state index in [0.29, 0.717) is 0 Å². The topological polar surface area (TPSA) is 24.5 Å². The second-order valence-corrected chi connectivity index (χ2v) is 8.56. The molecule has 3 nitrogen and oxygen atoms in total. The summed E-state index contributed by atoms with van der Waals surface area (Å²) in [6.07, 6.45) is 1.19. The van der Waals surface area contributed by atoms with Crippen molar-refractivity contribution in [1.82, 2.24) is 10.2 Å². The first-order valence-corrected chi connectivity index (χ1v) is 8.82. The zero-order valence-corrected chi connectivity index (χ0v) is 15.0. The van der Waals surface area contributed by atoms with Crippen molar-refractivity contribution >= 4 is 11.3 Å². The van der Waals surface area contributed by atoms with Crippen molar-refractivity contribution < 1.29 is 4.74 Å². The SMILES string of the molecule is CCCNCc1ccc(CN2CC(C)(C)OC(C)(C)C2)s1. The number of rotatable bonds is 6. The number of hydrogen-bond acceptors (Lipinski definition) is 4. The molecule has 1 N–H and O–H groups in total. The van der Waals surface area contributed by atoms with Crippen LogP contribution in [0.3, 0.4) is 0 Å². The molecule has 0 aliphatic carbocycles. The highest BCUT2D eigenvalue weighted by molar-refractivity contribution is 7.11. The molecule has 1 saturated heterocycles. The fourth-order valence-corrected chi connectivity index (χ4v) is 4.30. The fraction of sp³-hybridized carbons (Fsp3) is 0.765. The average molecular weight is 311 g/mol. The number of hydrogen-bond donors (Lipinski definition) is 1. The second kappa shape index (κ2) is 6.78. The molecular weight excluding hydrogens is 280 g/mol. The van der Waals surface area contributed by atoms with Crippen LogP contribution < -0.4 is 5.32 Å². The highest BCUT2D eigenvalue weighted by Gasteiger charge is 2.37. The van der Waals surface area contributed by atoms with E-state index in [1.165, 1.54) is 16.2 Å². The molecule has 0 aromatic carbocycles. The van der Waals surface area contributed by atoms with Gasteiger partial charge in [-0.05, 0) is 52.8 Å². The van der Waals surface area contributed by atoms with Crippen molar-refractivity contribution in [3.63, 3.8) is 0 Å². The van der Waals surface area contributed by atoms with Crippen LogP contribution >= 0.6 is 11.3 Å². The van der Waals surface area contributed by atoms with Gasteiger partial charge in [0.05, 0.1) is 11.2 Å². The van der Waals surface area contributed by atoms with Crippen LogP contribution in [0.5, 0.6) is 0 Å². The molecule has 0 saturated carbocycles. The van der Waals surface area contributed by atoms with E-state index >= 15 is 0 Å². The Morgan fingerprint density at radius 1 is 1.14 bits per heavy atom. The molecule has 0 amide bonds. The van der Waals surface area contributed by atoms with Crippen LogP contribution in [0.2, 0.25) is 0 Å². The first-order valence-electron chi connectivity index (χ1n) is 8.00. The molecule has 1 aromatic rings. The highest BCUT2D eigenvalue weighted by Crippen LogP contribution is 2.30. The summed E-state index contributed by atoms with van der Waals surface area (Å²) >= 11 is 1.93. The molecule has 0 spiro atoms. The molecule has 2 heterocycles. The van der Waals surface area contributed by atoms with Gasteiger partial charge in [0.25, 0.3) is 0 Å². The van der Waals surface area contributed by atoms with Crippen molar-refractivity contribution in [2.45, 2.75) is 65.3 Å². The predicted octanol–water partition coefficient (Wildman–Crippen LogP) is 3.64. The van der Waals surface area contributed by atoms with Crippen LogP contribution in [0.1, 0.15) is 50.8 Å². The summed E-state index contributed by atoms with van der Waals surface area (Å²) < 4.78 is 6.15. The Balaban J connectivity index is 1.92. The van der Waals surface area contributed by atoms with E-state index < -0.39 is 0 Å². The molecule has 0 atom stereocenters. The molecule has 0 bridgehead atoms. The molecule has 1 fully saturated rings. The van der Waals surface area contributed by atoms with Crippen molar-refractivity contribution in [1.29, 1.82) is 0 Å². The summed E-state index contributed by atoms with van der Waals surface area (Å²) in [6.45, 7) is 16.1. The third-order valence-electron chi connectivity index (χ3n) is 3.58. The summed E-state index contributed by atoms with van der Waals surface area (Å²) in [5.74, 6) is 0. The number of thiophene rings is 1. The van der Waals surface area contributed by atoms with Crippen molar-refractivity contribution in [2.75, 3.05) is 19.6 Å². The molecule has 2 rings (SSSR count). The van der Waals surface area contributed by atoms with Gasteiger partial charge >= 0.3 is 0 Å². The third kappa shape index (κ3) is 5.37. The van der Waals surface area contributed by atoms with Gasteiger partial charge in [-0.25, -0.2) is 0 Å². The van der Waals surface area contributed by atoms with Crippen LogP contribution in [0, 0.1) is 0 Å². The van der Waals surface area contributed by atoms with E-state index in [4.69, 9.17) is 4.74 Å². The quantitative estimate of drug-likeness (QED) is 0.812. The third-order valence-corrected chi connectivity index (χ3v) is 4.65. The molecule has 21 heavy (non-hydrogen) atoms. The van der Waals surface area contributed by atoms with Gasteiger partial charge in [-0.3, -0.25) is 4.90 Å². The first-order chi connectivity index (χ1) is 9.80. The molecular formula is C17H30N2OS. The van der Waals surface area contributed by atoms with Crippen LogP contribution in [-0.4, -0.2) is 35.7 Å². The first kappa shape index (κ1) is 16.9. The fourth-order valence-electron chi connectivity index (χ4n) is 3.27. The molecule has 120 valence electrons. The van der Waals surface area contributed by atoms with E-state index in [-0.39, 0.29) is 11.2 Å². The van der Waals surface area contributed by atoms with Crippen LogP contribution in [0.4, 0.5) is 0 Å². The maximum Gasteiger partial charge on any atom is 0.0760 e. The second-order valence-electron chi connectivity index (χ2n) is 7.31. The minimum absolute atomic E-state index is 0.0650. The summed E-state index contributed by atoms with van der Waals surface area (Å²) in [7, 11) is 0. The van der Waals surface area contributed by atoms with Gasteiger partial charge in [-0.2, -0.15) is 0 Å². The Hall–Kier alpha value is -0.420. The van der Waals surface area contributed by atoms with Crippen molar-refractivity contribution in [3.05, 3.63) is 21.9 Å². The number of nitrogens with zero attached hydrogens (tertiary/aromatic N) is 1. The standard InChI is InChI=1S/C17H30N2OS/c1-6-9-18-10-14-7-8-15(21-14)11-19-12-16(2,3)20-17(4,5)13-19/h7-8,18H,6,9-13H2,1-5H3. The predicted molar refractivity (Wildman–Crippen MR) is 90.8 cm³/mol. The maximum atomic E-state index is 6.15. The lowest BCUT2D eigenvalue weighted by Crippen LogP contribution is -2.56. The smallest absolute Gasteiger partial charge is 0.0760 e. The summed E-state index contributed by atoms with van der Waals surface area (Å²) in [4.78, 5) is 5.42. The minimum Gasteiger partial charge on any atom is -0.367 e. The molecule has 1 aliphatic rings. The largest absolute Gasteiger partial charge is 0.367 e. The van der Waals surface area contributed by atoms with Gasteiger partial charge in [0.1, 0.15) is 0 Å². The van der Waals surface area contributed by atoms with Crippen LogP contribution in [0.25, 0.3) is 0 Å². The van der Waals surface area contributed by atoms with E-state index in [1.807, 2.05) is 11.3 Å². The lowest BCUT2D eigenvalue weighted by Gasteiger charge is -2.47. The monoisotopic (exact) mass is 310 g/mol. The molecule has 4 heteroatoms. The molecule has 1 aliphatic heterocycles. The van der Waals surface area contributed by atoms with E-state index in [0.717, 1.165) is 32.7 Å². The van der Waals surface area contributed by atoms with E-state index in [9.17, 15) is 0 Å². The van der Waals surface area contributed by atoms with E-state index in [2.05, 4.69) is 57.0 Å². The summed E-state index contributed by atoms with van der Waals surface area (Å²) in [6, 6.07) is 4.54. The lowest BCUT2D eigenvalue weighted by molar-refractivity contribution is -0.182. The summed E-state index contributed by atoms with van der Waals surface area (Å²) in [5, 5.41) is 3.47. The van der Waals surface area contributed by atoms with Gasteiger partial charge in [0, 0.05) is 35.9 Å². The van der Waals surface area contributed by atoms with Crippen LogP contribution in [0.15, 0.2) is 12.1 Å². The molecule has 1 aromatic heterocycles. The zero-order valence-electron chi connectivity index (χ0n) is 14.2. The average Bonchev–Trinajstić information content (AvgIpc) is 2.72. The van der Waals surface area contributed by atoms with Crippen molar-refractivity contribution in [2.24, 2.45) is 0 Å². The Labute approximate surface area is 133 Å². The lowest BCUT2D eigenvalue weighted by atomic mass is 9.99. The zero-order chi connectivity index (χ0) is 15.5. The Kier molecular flexibility index (Phi) is 5.47. The molecule has 0 radical (unpaired) electrons.